The molecule has 2 aromatic carbocycles. The molecule has 0 N–H and O–H groups in total. The van der Waals surface area contributed by atoms with E-state index in [-0.39, 0.29) is 23.0 Å². The van der Waals surface area contributed by atoms with Crippen LogP contribution in [0.15, 0.2) is 41.3 Å². The molecule has 4 rings (SSSR count). The van der Waals surface area contributed by atoms with E-state index in [1.165, 1.54) is 16.4 Å². The molecule has 7 nitrogen and oxygen atoms in total. The molecule has 172 valence electrons. The van der Waals surface area contributed by atoms with Crippen LogP contribution in [0.1, 0.15) is 41.8 Å². The van der Waals surface area contributed by atoms with Gasteiger partial charge in [0.25, 0.3) is 5.91 Å². The molecule has 1 amide bonds. The number of hydrogen-bond acceptors (Lipinski definition) is 5. The molecular weight excluding hydrogens is 428 g/mol. The lowest BCUT2D eigenvalue weighted by atomic mass is 9.95. The number of carbonyl (C=O) groups excluding carboxylic acids is 1. The zero-order valence-corrected chi connectivity index (χ0v) is 19.8. The fourth-order valence-electron chi connectivity index (χ4n) is 4.62. The number of rotatable bonds is 4. The lowest BCUT2D eigenvalue weighted by molar-refractivity contribution is -0.0440. The minimum atomic E-state index is -3.65. The molecule has 0 saturated carbocycles. The molecule has 2 heterocycles. The summed E-state index contributed by atoms with van der Waals surface area (Å²) in [5.41, 5.74) is 3.52. The van der Waals surface area contributed by atoms with E-state index in [4.69, 9.17) is 9.47 Å². The van der Waals surface area contributed by atoms with Gasteiger partial charge in [-0.2, -0.15) is 4.31 Å². The Bertz CT molecular complexity index is 1100. The third-order valence-electron chi connectivity index (χ3n) is 6.15. The van der Waals surface area contributed by atoms with Crippen LogP contribution in [0.2, 0.25) is 0 Å². The monoisotopic (exact) mass is 458 g/mol. The van der Waals surface area contributed by atoms with E-state index in [1.54, 1.807) is 24.1 Å². The largest absolute Gasteiger partial charge is 0.495 e. The molecular formula is C24H30N2O5S. The minimum Gasteiger partial charge on any atom is -0.495 e. The molecule has 2 aliphatic rings. The van der Waals surface area contributed by atoms with Gasteiger partial charge in [-0.05, 0) is 75.1 Å². The summed E-state index contributed by atoms with van der Waals surface area (Å²) >= 11 is 0. The second kappa shape index (κ2) is 8.84. The van der Waals surface area contributed by atoms with Gasteiger partial charge in [-0.3, -0.25) is 4.79 Å². The highest BCUT2D eigenvalue weighted by molar-refractivity contribution is 7.89. The van der Waals surface area contributed by atoms with E-state index in [0.717, 1.165) is 29.7 Å². The fourth-order valence-corrected chi connectivity index (χ4v) is 6.21. The van der Waals surface area contributed by atoms with Gasteiger partial charge in [0.2, 0.25) is 10.0 Å². The van der Waals surface area contributed by atoms with E-state index in [9.17, 15) is 13.2 Å². The molecule has 2 aliphatic heterocycles. The predicted molar refractivity (Wildman–Crippen MR) is 123 cm³/mol. The van der Waals surface area contributed by atoms with Crippen LogP contribution in [-0.2, 0) is 21.2 Å². The predicted octanol–water partition coefficient (Wildman–Crippen LogP) is 3.39. The summed E-state index contributed by atoms with van der Waals surface area (Å²) in [7, 11) is -2.05. The maximum absolute atomic E-state index is 13.4. The summed E-state index contributed by atoms with van der Waals surface area (Å²) in [6.45, 7) is 7.00. The van der Waals surface area contributed by atoms with Crippen molar-refractivity contribution in [2.75, 3.05) is 31.6 Å². The quantitative estimate of drug-likeness (QED) is 0.702. The van der Waals surface area contributed by atoms with Crippen molar-refractivity contribution in [2.24, 2.45) is 0 Å². The van der Waals surface area contributed by atoms with Crippen LogP contribution in [0, 0.1) is 6.92 Å². The molecule has 0 spiro atoms. The Morgan fingerprint density at radius 2 is 1.72 bits per heavy atom. The first-order chi connectivity index (χ1) is 15.2. The average molecular weight is 459 g/mol. The van der Waals surface area contributed by atoms with E-state index in [2.05, 4.69) is 0 Å². The standard InChI is InChI=1S/C24H30N2O5S/c1-16-7-12-22(30-4)23-21(16)6-5-13-26(23)24(27)19-8-10-20(11-9-19)32(28,29)25-14-17(2)31-18(3)15-25/h7-12,17-18H,5-6,13-15H2,1-4H3. The van der Waals surface area contributed by atoms with Gasteiger partial charge >= 0.3 is 0 Å². The van der Waals surface area contributed by atoms with Crippen LogP contribution in [0.25, 0.3) is 0 Å². The molecule has 0 radical (unpaired) electrons. The molecule has 0 bridgehead atoms. The number of anilines is 1. The maximum atomic E-state index is 13.4. The number of benzene rings is 2. The Balaban J connectivity index is 1.61. The number of nitrogens with zero attached hydrogens (tertiary/aromatic N) is 2. The Hall–Kier alpha value is -2.42. The van der Waals surface area contributed by atoms with Crippen molar-refractivity contribution in [2.45, 2.75) is 50.7 Å². The Morgan fingerprint density at radius 1 is 1.06 bits per heavy atom. The fraction of sp³-hybridized carbons (Fsp3) is 0.458. The Morgan fingerprint density at radius 3 is 2.34 bits per heavy atom. The summed E-state index contributed by atoms with van der Waals surface area (Å²) in [4.78, 5) is 15.3. The molecule has 0 aliphatic carbocycles. The van der Waals surface area contributed by atoms with Gasteiger partial charge in [0.15, 0.2) is 0 Å². The Kier molecular flexibility index (Phi) is 6.29. The number of aryl methyl sites for hydroxylation is 1. The highest BCUT2D eigenvalue weighted by Gasteiger charge is 2.33. The van der Waals surface area contributed by atoms with Crippen molar-refractivity contribution in [1.29, 1.82) is 0 Å². The highest BCUT2D eigenvalue weighted by Crippen LogP contribution is 2.39. The zero-order chi connectivity index (χ0) is 23.0. The van der Waals surface area contributed by atoms with Crippen LogP contribution in [0.4, 0.5) is 5.69 Å². The SMILES string of the molecule is COc1ccc(C)c2c1N(C(=O)c1ccc(S(=O)(=O)N3CC(C)OC(C)C3)cc1)CCC2. The van der Waals surface area contributed by atoms with E-state index in [1.807, 2.05) is 32.9 Å². The van der Waals surface area contributed by atoms with Crippen molar-refractivity contribution < 1.29 is 22.7 Å². The van der Waals surface area contributed by atoms with Gasteiger partial charge in [0.1, 0.15) is 5.75 Å². The molecule has 32 heavy (non-hydrogen) atoms. The van der Waals surface area contributed by atoms with Gasteiger partial charge in [-0.1, -0.05) is 6.07 Å². The molecule has 1 fully saturated rings. The number of fused-ring (bicyclic) bond motifs is 1. The van der Waals surface area contributed by atoms with Crippen LogP contribution in [0.5, 0.6) is 5.75 Å². The molecule has 2 atom stereocenters. The van der Waals surface area contributed by atoms with Crippen molar-refractivity contribution in [3.63, 3.8) is 0 Å². The van der Waals surface area contributed by atoms with Crippen LogP contribution in [-0.4, -0.2) is 57.6 Å². The lowest BCUT2D eigenvalue weighted by Gasteiger charge is -2.34. The summed E-state index contributed by atoms with van der Waals surface area (Å²) in [5.74, 6) is 0.515. The lowest BCUT2D eigenvalue weighted by Crippen LogP contribution is -2.48. The van der Waals surface area contributed by atoms with Crippen molar-refractivity contribution in [1.82, 2.24) is 4.31 Å². The first-order valence-corrected chi connectivity index (χ1v) is 12.4. The number of hydrogen-bond donors (Lipinski definition) is 0. The van der Waals surface area contributed by atoms with Crippen LogP contribution >= 0.6 is 0 Å². The molecule has 1 saturated heterocycles. The second-order valence-corrected chi connectivity index (χ2v) is 10.5. The molecule has 0 aromatic heterocycles. The van der Waals surface area contributed by atoms with Crippen LogP contribution in [0.3, 0.4) is 0 Å². The average Bonchev–Trinajstić information content (AvgIpc) is 2.78. The van der Waals surface area contributed by atoms with Gasteiger partial charge in [-0.15, -0.1) is 0 Å². The number of morpholine rings is 1. The van der Waals surface area contributed by atoms with Gasteiger partial charge in [0, 0.05) is 25.2 Å². The number of carbonyl (C=O) groups is 1. The van der Waals surface area contributed by atoms with E-state index < -0.39 is 10.0 Å². The summed E-state index contributed by atoms with van der Waals surface area (Å²) in [6.07, 6.45) is 1.45. The molecule has 2 aromatic rings. The number of ether oxygens (including phenoxy) is 2. The minimum absolute atomic E-state index is 0.160. The second-order valence-electron chi connectivity index (χ2n) is 8.58. The summed E-state index contributed by atoms with van der Waals surface area (Å²) in [5, 5.41) is 0. The van der Waals surface area contributed by atoms with Crippen molar-refractivity contribution in [3.05, 3.63) is 53.1 Å². The van der Waals surface area contributed by atoms with Gasteiger partial charge in [-0.25, -0.2) is 8.42 Å². The maximum Gasteiger partial charge on any atom is 0.258 e. The first kappa shape index (κ1) is 22.8. The molecule has 2 unspecified atom stereocenters. The third-order valence-corrected chi connectivity index (χ3v) is 7.99. The van der Waals surface area contributed by atoms with E-state index >= 15 is 0 Å². The number of methoxy groups -OCH3 is 1. The summed E-state index contributed by atoms with van der Waals surface area (Å²) in [6, 6.07) is 10.1. The smallest absolute Gasteiger partial charge is 0.258 e. The summed E-state index contributed by atoms with van der Waals surface area (Å²) < 4.78 is 38.9. The number of sulfonamides is 1. The molecule has 8 heteroatoms. The van der Waals surface area contributed by atoms with Crippen molar-refractivity contribution >= 4 is 21.6 Å². The van der Waals surface area contributed by atoms with Crippen LogP contribution < -0.4 is 9.64 Å². The normalized spacial score (nSPS) is 21.8. The first-order valence-electron chi connectivity index (χ1n) is 11.0. The van der Waals surface area contributed by atoms with Crippen molar-refractivity contribution in [3.8, 4) is 5.75 Å². The topological polar surface area (TPSA) is 76.2 Å². The van der Waals surface area contributed by atoms with Gasteiger partial charge in [0.05, 0.1) is 29.9 Å². The number of amides is 1. The van der Waals surface area contributed by atoms with E-state index in [0.29, 0.717) is 30.9 Å². The zero-order valence-electron chi connectivity index (χ0n) is 19.0. The Labute approximate surface area is 190 Å². The highest BCUT2D eigenvalue weighted by atomic mass is 32.2. The van der Waals surface area contributed by atoms with Gasteiger partial charge < -0.3 is 14.4 Å². The third kappa shape index (κ3) is 4.14.